The van der Waals surface area contributed by atoms with Gasteiger partial charge in [0.2, 0.25) is 0 Å². The van der Waals surface area contributed by atoms with Crippen molar-refractivity contribution in [2.24, 2.45) is 0 Å². The number of pyridine rings is 1. The van der Waals surface area contributed by atoms with Gasteiger partial charge in [-0.1, -0.05) is 46.3 Å². The van der Waals surface area contributed by atoms with Crippen LogP contribution in [-0.4, -0.2) is 10.9 Å². The summed E-state index contributed by atoms with van der Waals surface area (Å²) >= 11 is 3.51. The van der Waals surface area contributed by atoms with E-state index in [9.17, 15) is 4.79 Å². The molecule has 1 aromatic heterocycles. The average Bonchev–Trinajstić information content (AvgIpc) is 2.49. The molecule has 2 aromatic carbocycles. The Kier molecular flexibility index (Phi) is 3.71. The monoisotopic (exact) mass is 340 g/mol. The third-order valence-corrected chi connectivity index (χ3v) is 4.05. The molecule has 1 N–H and O–H groups in total. The lowest BCUT2D eigenvalue weighted by atomic mass is 10.0. The van der Waals surface area contributed by atoms with Crippen LogP contribution in [0, 0.1) is 6.92 Å². The molecule has 1 heterocycles. The van der Waals surface area contributed by atoms with Crippen LogP contribution >= 0.6 is 15.9 Å². The zero-order valence-electron chi connectivity index (χ0n) is 11.4. The molecule has 21 heavy (non-hydrogen) atoms. The summed E-state index contributed by atoms with van der Waals surface area (Å²) in [6.07, 6.45) is 1.67. The minimum Gasteiger partial charge on any atom is -0.306 e. The lowest BCUT2D eigenvalue weighted by molar-refractivity contribution is 0.102. The summed E-state index contributed by atoms with van der Waals surface area (Å²) in [5, 5.41) is 4.80. The Bertz CT molecular complexity index is 830. The van der Waals surface area contributed by atoms with Gasteiger partial charge in [0.25, 0.3) is 5.91 Å². The van der Waals surface area contributed by atoms with Crippen molar-refractivity contribution in [1.82, 2.24) is 4.98 Å². The summed E-state index contributed by atoms with van der Waals surface area (Å²) in [4.78, 5) is 16.7. The number of fused-ring (bicyclic) bond motifs is 1. The Morgan fingerprint density at radius 3 is 2.62 bits per heavy atom. The van der Waals surface area contributed by atoms with Crippen molar-refractivity contribution >= 4 is 38.4 Å². The molecule has 0 atom stereocenters. The predicted octanol–water partition coefficient (Wildman–Crippen LogP) is 4.56. The summed E-state index contributed by atoms with van der Waals surface area (Å²) in [6, 6.07) is 15.3. The number of rotatable bonds is 2. The molecule has 0 unspecified atom stereocenters. The van der Waals surface area contributed by atoms with Crippen LogP contribution in [0.25, 0.3) is 10.8 Å². The van der Waals surface area contributed by atoms with Crippen molar-refractivity contribution in [3.05, 3.63) is 70.3 Å². The minimum absolute atomic E-state index is 0.152. The second-order valence-corrected chi connectivity index (χ2v) is 5.62. The highest BCUT2D eigenvalue weighted by atomic mass is 79.9. The molecule has 104 valence electrons. The van der Waals surface area contributed by atoms with Gasteiger partial charge < -0.3 is 5.32 Å². The average molecular weight is 341 g/mol. The fourth-order valence-electron chi connectivity index (χ4n) is 2.26. The van der Waals surface area contributed by atoms with E-state index < -0.39 is 0 Å². The first kappa shape index (κ1) is 13.8. The summed E-state index contributed by atoms with van der Waals surface area (Å²) in [5.41, 5.74) is 1.58. The molecule has 0 aliphatic carbocycles. The fraction of sp³-hybridized carbons (Fsp3) is 0.0588. The minimum atomic E-state index is -0.152. The number of halogens is 1. The first-order valence-corrected chi connectivity index (χ1v) is 7.36. The van der Waals surface area contributed by atoms with Gasteiger partial charge in [0.05, 0.1) is 0 Å². The molecule has 0 radical (unpaired) electrons. The van der Waals surface area contributed by atoms with Gasteiger partial charge in [-0.15, -0.1) is 0 Å². The van der Waals surface area contributed by atoms with Crippen LogP contribution in [0.4, 0.5) is 5.82 Å². The zero-order chi connectivity index (χ0) is 14.8. The van der Waals surface area contributed by atoms with Crippen molar-refractivity contribution in [3.8, 4) is 0 Å². The molecule has 3 rings (SSSR count). The summed E-state index contributed by atoms with van der Waals surface area (Å²) in [7, 11) is 0. The Labute approximate surface area is 131 Å². The number of nitrogens with one attached hydrogen (secondary N) is 1. The highest BCUT2D eigenvalue weighted by Crippen LogP contribution is 2.26. The number of aromatic nitrogens is 1. The summed E-state index contributed by atoms with van der Waals surface area (Å²) < 4.78 is 0.976. The van der Waals surface area contributed by atoms with Crippen LogP contribution in [0.3, 0.4) is 0 Å². The Balaban J connectivity index is 2.03. The molecule has 0 bridgehead atoms. The number of amides is 1. The molecule has 0 spiro atoms. The molecular weight excluding hydrogens is 328 g/mol. The van der Waals surface area contributed by atoms with E-state index in [0.717, 1.165) is 20.8 Å². The molecule has 0 fully saturated rings. The molecule has 3 aromatic rings. The van der Waals surface area contributed by atoms with Crippen LogP contribution in [0.1, 0.15) is 15.9 Å². The molecule has 3 nitrogen and oxygen atoms in total. The number of hydrogen-bond donors (Lipinski definition) is 1. The van der Waals surface area contributed by atoms with Crippen LogP contribution < -0.4 is 5.32 Å². The molecular formula is C17H13BrN2O. The molecule has 0 aliphatic rings. The van der Waals surface area contributed by atoms with Crippen LogP contribution in [0.5, 0.6) is 0 Å². The second kappa shape index (κ2) is 5.66. The summed E-state index contributed by atoms with van der Waals surface area (Å²) in [6.45, 7) is 1.92. The zero-order valence-corrected chi connectivity index (χ0v) is 13.0. The van der Waals surface area contributed by atoms with Gasteiger partial charge in [0, 0.05) is 16.2 Å². The van der Waals surface area contributed by atoms with Gasteiger partial charge in [-0.2, -0.15) is 0 Å². The van der Waals surface area contributed by atoms with Gasteiger partial charge >= 0.3 is 0 Å². The van der Waals surface area contributed by atoms with Gasteiger partial charge in [-0.3, -0.25) is 4.79 Å². The standard InChI is InChI=1S/C17H13BrN2O/c1-11-5-4-10-19-16(11)20-17(21)14-8-2-7-13-12(14)6-3-9-15(13)18/h2-10H,1H3,(H,19,20,21). The number of carbonyl (C=O) groups is 1. The maximum Gasteiger partial charge on any atom is 0.257 e. The number of carbonyl (C=O) groups excluding carboxylic acids is 1. The van der Waals surface area contributed by atoms with Crippen molar-refractivity contribution in [2.75, 3.05) is 5.32 Å². The van der Waals surface area contributed by atoms with E-state index in [4.69, 9.17) is 0 Å². The van der Waals surface area contributed by atoms with Crippen molar-refractivity contribution < 1.29 is 4.79 Å². The number of nitrogens with zero attached hydrogens (tertiary/aromatic N) is 1. The van der Waals surface area contributed by atoms with Crippen LogP contribution in [0.15, 0.2) is 59.2 Å². The van der Waals surface area contributed by atoms with E-state index in [-0.39, 0.29) is 5.91 Å². The quantitative estimate of drug-likeness (QED) is 0.743. The predicted molar refractivity (Wildman–Crippen MR) is 88.6 cm³/mol. The van der Waals surface area contributed by atoms with Gasteiger partial charge in [-0.05, 0) is 41.5 Å². The molecule has 0 saturated carbocycles. The smallest absolute Gasteiger partial charge is 0.257 e. The van der Waals surface area contributed by atoms with E-state index in [0.29, 0.717) is 11.4 Å². The number of anilines is 1. The third-order valence-electron chi connectivity index (χ3n) is 3.35. The topological polar surface area (TPSA) is 42.0 Å². The van der Waals surface area contributed by atoms with Crippen molar-refractivity contribution in [2.45, 2.75) is 6.92 Å². The Hall–Kier alpha value is -2.20. The van der Waals surface area contributed by atoms with Crippen LogP contribution in [-0.2, 0) is 0 Å². The second-order valence-electron chi connectivity index (χ2n) is 4.76. The first-order valence-electron chi connectivity index (χ1n) is 6.57. The number of hydrogen-bond acceptors (Lipinski definition) is 2. The maximum absolute atomic E-state index is 12.5. The number of benzene rings is 2. The normalized spacial score (nSPS) is 10.6. The van der Waals surface area contributed by atoms with Crippen molar-refractivity contribution in [3.63, 3.8) is 0 Å². The van der Waals surface area contributed by atoms with E-state index >= 15 is 0 Å². The van der Waals surface area contributed by atoms with E-state index in [1.807, 2.05) is 55.5 Å². The van der Waals surface area contributed by atoms with Gasteiger partial charge in [-0.25, -0.2) is 4.98 Å². The van der Waals surface area contributed by atoms with E-state index in [1.54, 1.807) is 6.20 Å². The maximum atomic E-state index is 12.5. The Morgan fingerprint density at radius 1 is 1.05 bits per heavy atom. The summed E-state index contributed by atoms with van der Waals surface area (Å²) in [5.74, 6) is 0.440. The number of aryl methyl sites for hydroxylation is 1. The van der Waals surface area contributed by atoms with Crippen LogP contribution in [0.2, 0.25) is 0 Å². The SMILES string of the molecule is Cc1cccnc1NC(=O)c1cccc2c(Br)cccc12. The third kappa shape index (κ3) is 2.67. The molecule has 1 amide bonds. The largest absolute Gasteiger partial charge is 0.306 e. The van der Waals surface area contributed by atoms with Crippen molar-refractivity contribution in [1.29, 1.82) is 0 Å². The van der Waals surface area contributed by atoms with E-state index in [2.05, 4.69) is 26.2 Å². The molecule has 0 saturated heterocycles. The highest BCUT2D eigenvalue weighted by Gasteiger charge is 2.12. The molecule has 4 heteroatoms. The fourth-order valence-corrected chi connectivity index (χ4v) is 2.76. The van der Waals surface area contributed by atoms with E-state index in [1.165, 1.54) is 0 Å². The molecule has 0 aliphatic heterocycles. The Morgan fingerprint density at radius 2 is 1.81 bits per heavy atom. The first-order chi connectivity index (χ1) is 10.2. The van der Waals surface area contributed by atoms with Gasteiger partial charge in [0.15, 0.2) is 0 Å². The highest BCUT2D eigenvalue weighted by molar-refractivity contribution is 9.10. The van der Waals surface area contributed by atoms with Gasteiger partial charge in [0.1, 0.15) is 5.82 Å². The lowest BCUT2D eigenvalue weighted by Gasteiger charge is -2.09. The lowest BCUT2D eigenvalue weighted by Crippen LogP contribution is -2.14.